The molecule has 0 bridgehead atoms. The van der Waals surface area contributed by atoms with Crippen LogP contribution in [-0.4, -0.2) is 28.4 Å². The summed E-state index contributed by atoms with van der Waals surface area (Å²) < 4.78 is 47.4. The molecule has 1 heterocycles. The number of nitrogens with one attached hydrogen (secondary N) is 2. The third kappa shape index (κ3) is 5.30. The molecule has 10 heteroatoms. The fourth-order valence-corrected chi connectivity index (χ4v) is 4.24. The highest BCUT2D eigenvalue weighted by atomic mass is 79.9. The molecule has 2 aromatic carbocycles. The number of rotatable bonds is 6. The maximum atomic E-state index is 14.9. The summed E-state index contributed by atoms with van der Waals surface area (Å²) in [7, 11) is 0.0219. The normalized spacial score (nSPS) is 11.2. The highest BCUT2D eigenvalue weighted by molar-refractivity contribution is 9.10. The van der Waals surface area contributed by atoms with Crippen molar-refractivity contribution >= 4 is 44.4 Å². The Morgan fingerprint density at radius 3 is 2.75 bits per heavy atom. The summed E-state index contributed by atoms with van der Waals surface area (Å²) in [6, 6.07) is 8.75. The van der Waals surface area contributed by atoms with Crippen molar-refractivity contribution in [3.05, 3.63) is 75.4 Å². The maximum absolute atomic E-state index is 14.9. The number of pyridine rings is 1. The first-order chi connectivity index (χ1) is 15.3. The van der Waals surface area contributed by atoms with Crippen molar-refractivity contribution in [2.24, 2.45) is 0 Å². The Morgan fingerprint density at radius 2 is 2.06 bits per heavy atom. The molecule has 0 radical (unpaired) electrons. The molecule has 0 saturated heterocycles. The molecule has 164 valence electrons. The number of nitrogens with zero attached hydrogens (tertiary/aromatic N) is 1. The van der Waals surface area contributed by atoms with E-state index in [4.69, 9.17) is 15.9 Å². The van der Waals surface area contributed by atoms with Crippen LogP contribution in [0.25, 0.3) is 0 Å². The zero-order chi connectivity index (χ0) is 23.3. The van der Waals surface area contributed by atoms with Crippen molar-refractivity contribution in [2.45, 2.75) is 4.90 Å². The largest absolute Gasteiger partial charge is 0.496 e. The topological polar surface area (TPSA) is 101 Å². The van der Waals surface area contributed by atoms with E-state index in [-0.39, 0.29) is 17.4 Å². The number of aromatic nitrogens is 1. The van der Waals surface area contributed by atoms with Crippen LogP contribution in [0.15, 0.2) is 52.0 Å². The lowest BCUT2D eigenvalue weighted by atomic mass is 10.1. The van der Waals surface area contributed by atoms with Crippen molar-refractivity contribution < 1.29 is 17.7 Å². The van der Waals surface area contributed by atoms with Crippen molar-refractivity contribution in [3.8, 4) is 17.6 Å². The molecule has 0 aliphatic heterocycles. The van der Waals surface area contributed by atoms with Crippen molar-refractivity contribution in [2.75, 3.05) is 24.0 Å². The number of nitrogens with two attached hydrogens (primary N) is 1. The average molecular weight is 519 g/mol. The summed E-state index contributed by atoms with van der Waals surface area (Å²) in [6.07, 6.45) is 2.37. The summed E-state index contributed by atoms with van der Waals surface area (Å²) in [5, 5.41) is 10.0. The number of hydrogen-bond donors (Lipinski definition) is 3. The lowest BCUT2D eigenvalue weighted by Gasteiger charge is -2.10. The molecule has 0 fully saturated rings. The van der Waals surface area contributed by atoms with E-state index in [1.165, 1.54) is 25.4 Å². The molecule has 0 amide bonds. The minimum atomic E-state index is -1.50. The second kappa shape index (κ2) is 10.3. The van der Waals surface area contributed by atoms with Gasteiger partial charge in [-0.2, -0.15) is 0 Å². The second-order valence-electron chi connectivity index (χ2n) is 6.34. The van der Waals surface area contributed by atoms with E-state index in [1.807, 2.05) is 0 Å². The monoisotopic (exact) mass is 518 g/mol. The predicted molar refractivity (Wildman–Crippen MR) is 124 cm³/mol. The van der Waals surface area contributed by atoms with Gasteiger partial charge >= 0.3 is 0 Å². The van der Waals surface area contributed by atoms with Gasteiger partial charge in [0.1, 0.15) is 17.4 Å². The second-order valence-corrected chi connectivity index (χ2v) is 8.65. The number of ether oxygens (including phenoxy) is 1. The molecule has 0 aliphatic carbocycles. The molecule has 1 aromatic heterocycles. The Kier molecular flexibility index (Phi) is 7.56. The van der Waals surface area contributed by atoms with Crippen LogP contribution in [0, 0.1) is 28.9 Å². The summed E-state index contributed by atoms with van der Waals surface area (Å²) in [6.45, 7) is 0. The molecule has 3 rings (SSSR count). The summed E-state index contributed by atoms with van der Waals surface area (Å²) in [4.78, 5) is 4.40. The van der Waals surface area contributed by atoms with Gasteiger partial charge in [0.25, 0.3) is 0 Å². The Hall–Kier alpha value is -3.29. The minimum absolute atomic E-state index is 0.0350. The maximum Gasteiger partial charge on any atom is 0.164 e. The molecule has 1 unspecified atom stereocenters. The number of nitrogen functional groups attached to an aromatic ring is 1. The molecule has 6 nitrogen and oxygen atoms in total. The van der Waals surface area contributed by atoms with Crippen molar-refractivity contribution in [1.82, 2.24) is 4.98 Å². The van der Waals surface area contributed by atoms with Gasteiger partial charge in [0.05, 0.1) is 39.5 Å². The Bertz CT molecular complexity index is 1270. The average Bonchev–Trinajstić information content (AvgIpc) is 2.79. The van der Waals surface area contributed by atoms with E-state index in [9.17, 15) is 13.0 Å². The van der Waals surface area contributed by atoms with Gasteiger partial charge in [-0.25, -0.2) is 13.8 Å². The zero-order valence-electron chi connectivity index (χ0n) is 16.7. The quantitative estimate of drug-likeness (QED) is 0.333. The van der Waals surface area contributed by atoms with Crippen molar-refractivity contribution in [3.63, 3.8) is 0 Å². The first-order valence-electron chi connectivity index (χ1n) is 9.05. The van der Waals surface area contributed by atoms with Gasteiger partial charge in [0.15, 0.2) is 5.82 Å². The molecule has 32 heavy (non-hydrogen) atoms. The fraction of sp³-hybridized carbons (Fsp3) is 0.0909. The van der Waals surface area contributed by atoms with Crippen molar-refractivity contribution in [1.29, 1.82) is 5.41 Å². The zero-order valence-corrected chi connectivity index (χ0v) is 19.1. The van der Waals surface area contributed by atoms with Gasteiger partial charge in [0.2, 0.25) is 0 Å². The van der Waals surface area contributed by atoms with Crippen LogP contribution >= 0.6 is 15.9 Å². The van der Waals surface area contributed by atoms with Gasteiger partial charge < -0.3 is 21.2 Å². The Balaban J connectivity index is 1.80. The minimum Gasteiger partial charge on any atom is -0.496 e. The first-order valence-corrected chi connectivity index (χ1v) is 11.2. The number of methoxy groups -OCH3 is 1. The molecule has 3 aromatic rings. The van der Waals surface area contributed by atoms with Crippen LogP contribution in [0.3, 0.4) is 0 Å². The van der Waals surface area contributed by atoms with E-state index in [2.05, 4.69) is 38.1 Å². The summed E-state index contributed by atoms with van der Waals surface area (Å²) in [5.41, 5.74) is 5.84. The van der Waals surface area contributed by atoms with Gasteiger partial charge in [-0.05, 0) is 52.3 Å². The van der Waals surface area contributed by atoms with Crippen LogP contribution < -0.4 is 15.8 Å². The van der Waals surface area contributed by atoms with E-state index in [1.54, 1.807) is 18.2 Å². The summed E-state index contributed by atoms with van der Waals surface area (Å²) in [5.74, 6) is 3.99. The van der Waals surface area contributed by atoms with Crippen LogP contribution in [0.2, 0.25) is 0 Å². The third-order valence-corrected chi connectivity index (χ3v) is 6.11. The Morgan fingerprint density at radius 1 is 1.28 bits per heavy atom. The summed E-state index contributed by atoms with van der Waals surface area (Å²) >= 11 is 3.33. The third-order valence-electron chi connectivity index (χ3n) is 4.31. The van der Waals surface area contributed by atoms with Gasteiger partial charge in [0, 0.05) is 28.4 Å². The molecule has 4 N–H and O–H groups in total. The molecule has 0 spiro atoms. The number of anilines is 2. The predicted octanol–water partition coefficient (Wildman–Crippen LogP) is 4.29. The lowest BCUT2D eigenvalue weighted by Crippen LogP contribution is -2.11. The SMILES string of the molecule is COc1ccc(S(=O)CNc2ccc(F)c(C#Cc3cnc(N)c(C=N)c3)c2F)cc1Br. The number of benzene rings is 2. The van der Waals surface area contributed by atoms with Gasteiger partial charge in [-0.1, -0.05) is 11.8 Å². The van der Waals surface area contributed by atoms with Gasteiger partial charge in [-0.3, -0.25) is 4.21 Å². The van der Waals surface area contributed by atoms with Crippen LogP contribution in [-0.2, 0) is 10.8 Å². The van der Waals surface area contributed by atoms with E-state index in [0.29, 0.717) is 26.2 Å². The van der Waals surface area contributed by atoms with Gasteiger partial charge in [-0.15, -0.1) is 0 Å². The van der Waals surface area contributed by atoms with E-state index < -0.39 is 28.0 Å². The van der Waals surface area contributed by atoms with Crippen LogP contribution in [0.5, 0.6) is 5.75 Å². The smallest absolute Gasteiger partial charge is 0.164 e. The van der Waals surface area contributed by atoms with Crippen LogP contribution in [0.1, 0.15) is 16.7 Å². The highest BCUT2D eigenvalue weighted by Gasteiger charge is 2.14. The molecule has 0 saturated carbocycles. The first kappa shape index (κ1) is 23.4. The fourth-order valence-electron chi connectivity index (χ4n) is 2.63. The molecular formula is C22H17BrF2N4O2S. The number of halogens is 3. The molecule has 1 atom stereocenters. The Labute approximate surface area is 194 Å². The number of hydrogen-bond acceptors (Lipinski definition) is 6. The lowest BCUT2D eigenvalue weighted by molar-refractivity contribution is 0.412. The highest BCUT2D eigenvalue weighted by Crippen LogP contribution is 2.27. The van der Waals surface area contributed by atoms with E-state index in [0.717, 1.165) is 12.3 Å². The molecule has 0 aliphatic rings. The van der Waals surface area contributed by atoms with E-state index >= 15 is 0 Å². The standard InChI is InChI=1S/C22H17BrF2N4O2S/c1-31-20-7-3-15(9-17(20)23)32(30)12-29-19-6-5-18(24)16(21(19)25)4-2-13-8-14(10-26)22(27)28-11-13/h3,5-11,26,29H,12H2,1H3,(H2,27,28). The van der Waals surface area contributed by atoms with Crippen LogP contribution in [0.4, 0.5) is 20.3 Å². The molecular weight excluding hydrogens is 502 g/mol.